The number of carbonyl (C=O) groups is 3. The van der Waals surface area contributed by atoms with Gasteiger partial charge in [-0.2, -0.15) is 0 Å². The number of unbranched alkanes of at least 4 members (excludes halogenated alkanes) is 2. The third-order valence-corrected chi connectivity index (χ3v) is 4.46. The molecule has 0 fully saturated rings. The van der Waals surface area contributed by atoms with Crippen LogP contribution in [0.15, 0.2) is 12.7 Å². The molecule has 0 aromatic rings. The maximum atomic E-state index is 9.86. The molecule has 35 heavy (non-hydrogen) atoms. The molecule has 0 unspecified atom stereocenters. The van der Waals surface area contributed by atoms with Crippen molar-refractivity contribution in [2.75, 3.05) is 60.0 Å². The minimum absolute atomic E-state index is 0. The Morgan fingerprint density at radius 3 is 1.23 bits per heavy atom. The third kappa shape index (κ3) is 23.3. The second-order valence-electron chi connectivity index (χ2n) is 7.47. The zero-order valence-corrected chi connectivity index (χ0v) is 22.4. The zero-order valence-electron chi connectivity index (χ0n) is 20.2. The number of carbonyl (C=O) groups excluding carboxylic acids is 3. The van der Waals surface area contributed by atoms with Gasteiger partial charge in [0.05, 0.1) is 70.8 Å². The van der Waals surface area contributed by atoms with Gasteiger partial charge in [-0.15, -0.1) is 0 Å². The van der Waals surface area contributed by atoms with Crippen molar-refractivity contribution in [2.24, 2.45) is 10.8 Å². The molecule has 0 amide bonds. The van der Waals surface area contributed by atoms with E-state index in [4.69, 9.17) is 35.4 Å². The van der Waals surface area contributed by atoms with E-state index in [1.807, 2.05) is 0 Å². The van der Waals surface area contributed by atoms with Gasteiger partial charge in [0.1, 0.15) is 0 Å². The van der Waals surface area contributed by atoms with Crippen molar-refractivity contribution in [1.29, 1.82) is 0 Å². The first-order valence-electron chi connectivity index (χ1n) is 10.3. The quantitative estimate of drug-likeness (QED) is 0.0442. The van der Waals surface area contributed by atoms with Crippen LogP contribution in [0, 0.1) is 10.8 Å². The predicted molar refractivity (Wildman–Crippen MR) is 119 cm³/mol. The van der Waals surface area contributed by atoms with E-state index in [2.05, 4.69) is 11.3 Å². The minimum atomic E-state index is -1.16. The summed E-state index contributed by atoms with van der Waals surface area (Å²) in [4.78, 5) is 29.6. The number of rotatable bonds is 17. The number of ether oxygens (including phenoxy) is 2. The largest absolute Gasteiger partial charge is 2.00 e. The third-order valence-electron chi connectivity index (χ3n) is 4.46. The monoisotopic (exact) mass is 538 g/mol. The van der Waals surface area contributed by atoms with Crippen molar-refractivity contribution in [2.45, 2.75) is 32.1 Å². The van der Waals surface area contributed by atoms with Crippen LogP contribution < -0.4 is 10.2 Å². The Labute approximate surface area is 235 Å². The Kier molecular flexibility index (Phi) is 30.9. The maximum absolute atomic E-state index is 9.86. The summed E-state index contributed by atoms with van der Waals surface area (Å²) in [6.07, 6.45) is 2.69. The van der Waals surface area contributed by atoms with Crippen molar-refractivity contribution < 1.29 is 64.7 Å². The van der Waals surface area contributed by atoms with Gasteiger partial charge in [0, 0.05) is 18.0 Å². The van der Waals surface area contributed by atoms with Crippen molar-refractivity contribution in [3.8, 4) is 0 Å². The van der Waals surface area contributed by atoms with Gasteiger partial charge < -0.3 is 59.9 Å². The van der Waals surface area contributed by atoms with Crippen molar-refractivity contribution in [1.82, 2.24) is 0 Å². The molecular formula is C21H38CaO13. The average molecular weight is 539 g/mol. The van der Waals surface area contributed by atoms with Crippen LogP contribution in [0.4, 0.5) is 0 Å². The number of methoxy groups -OCH3 is 1. The average Bonchev–Trinajstić information content (AvgIpc) is 2.84. The molecule has 0 bridgehead atoms. The van der Waals surface area contributed by atoms with Gasteiger partial charge in [-0.3, -0.25) is 0 Å². The summed E-state index contributed by atoms with van der Waals surface area (Å²) in [5.74, 6) is -2.56. The van der Waals surface area contributed by atoms with E-state index in [1.165, 1.54) is 7.11 Å². The Hall–Kier alpha value is -0.870. The van der Waals surface area contributed by atoms with E-state index < -0.39 is 68.4 Å². The topological polar surface area (TPSA) is 237 Å². The number of aliphatic hydroxyl groups excluding tert-OH is 6. The normalized spacial score (nSPS) is 10.5. The zero-order chi connectivity index (χ0) is 27.0. The van der Waals surface area contributed by atoms with Gasteiger partial charge in [0.25, 0.3) is 0 Å². The van der Waals surface area contributed by atoms with Crippen molar-refractivity contribution in [3.05, 3.63) is 12.7 Å². The fourth-order valence-corrected chi connectivity index (χ4v) is 1.86. The summed E-state index contributed by atoms with van der Waals surface area (Å²) in [6, 6.07) is 0. The van der Waals surface area contributed by atoms with Crippen molar-refractivity contribution >= 4 is 55.6 Å². The molecule has 0 aliphatic rings. The molecule has 13 nitrogen and oxygen atoms in total. The second kappa shape index (κ2) is 26.2. The van der Waals surface area contributed by atoms with E-state index in [9.17, 15) is 24.6 Å². The molecule has 202 valence electrons. The molecule has 0 saturated carbocycles. The smallest absolute Gasteiger partial charge is 0.550 e. The van der Waals surface area contributed by atoms with Gasteiger partial charge in [0.2, 0.25) is 0 Å². The van der Waals surface area contributed by atoms with E-state index in [1.54, 1.807) is 0 Å². The standard InChI is InChI=1S/C10H22O7.C7H12O4.C4H6O2.Ca/c11-1-9(2-12,3-13)7-17-8-10(4-14,5-15)6-16;8-6(9)4-2-1-3-5-7(10)11;1-3-4(5)6-2;/h11-16H,1-8H2;1-5H2,(H,8,9)(H,10,11);3H,1H2,2H3;/q;;;+2/p-2. The molecule has 0 spiro atoms. The number of hydrogen-bond acceptors (Lipinski definition) is 13. The van der Waals surface area contributed by atoms with Crippen molar-refractivity contribution in [3.63, 3.8) is 0 Å². The molecule has 0 atom stereocenters. The summed E-state index contributed by atoms with van der Waals surface area (Å²) < 4.78 is 9.29. The summed E-state index contributed by atoms with van der Waals surface area (Å²) in [5, 5.41) is 73.9. The van der Waals surface area contributed by atoms with Crippen LogP contribution >= 0.6 is 0 Å². The molecule has 0 saturated heterocycles. The van der Waals surface area contributed by atoms with Gasteiger partial charge in [-0.1, -0.05) is 13.0 Å². The predicted octanol–water partition coefficient (Wildman–Crippen LogP) is -4.67. The van der Waals surface area contributed by atoms with Crippen LogP contribution in [0.5, 0.6) is 0 Å². The molecular weight excluding hydrogens is 500 g/mol. The van der Waals surface area contributed by atoms with Crippen LogP contribution in [-0.2, 0) is 23.9 Å². The molecule has 0 aromatic carbocycles. The molecule has 0 heterocycles. The number of carboxylic acids is 2. The Balaban J connectivity index is -0.000000229. The Bertz CT molecular complexity index is 497. The molecule has 0 rings (SSSR count). The van der Waals surface area contributed by atoms with Gasteiger partial charge in [-0.25, -0.2) is 4.79 Å². The van der Waals surface area contributed by atoms with E-state index >= 15 is 0 Å². The number of hydrogen-bond donors (Lipinski definition) is 6. The molecule has 6 N–H and O–H groups in total. The van der Waals surface area contributed by atoms with Gasteiger partial charge >= 0.3 is 43.7 Å². The SMILES string of the molecule is C=CC(=O)OC.O=C([O-])CCCCCC(=O)[O-].OCC(CO)(CO)COCC(CO)(CO)CO.[Ca+2]. The van der Waals surface area contributed by atoms with E-state index in [0.29, 0.717) is 19.3 Å². The van der Waals surface area contributed by atoms with Crippen LogP contribution in [0.1, 0.15) is 32.1 Å². The fourth-order valence-electron chi connectivity index (χ4n) is 1.86. The number of carboxylic acid groups (broad SMARTS) is 2. The summed E-state index contributed by atoms with van der Waals surface area (Å²) in [6.45, 7) is 0.152. The summed E-state index contributed by atoms with van der Waals surface area (Å²) in [5.41, 5.74) is -2.32. The van der Waals surface area contributed by atoms with Crippen LogP contribution in [0.2, 0.25) is 0 Å². The molecule has 0 radical (unpaired) electrons. The van der Waals surface area contributed by atoms with Crippen LogP contribution in [0.25, 0.3) is 0 Å². The molecule has 0 aromatic heterocycles. The Morgan fingerprint density at radius 2 is 1.06 bits per heavy atom. The summed E-state index contributed by atoms with van der Waals surface area (Å²) >= 11 is 0. The van der Waals surface area contributed by atoms with Gasteiger partial charge in [0.15, 0.2) is 0 Å². The number of aliphatic carboxylic acids is 2. The Morgan fingerprint density at radius 1 is 0.743 bits per heavy atom. The summed E-state index contributed by atoms with van der Waals surface area (Å²) in [7, 11) is 1.31. The first-order chi connectivity index (χ1) is 16.0. The van der Waals surface area contributed by atoms with Crippen LogP contribution in [-0.4, -0.2) is 146 Å². The maximum Gasteiger partial charge on any atom is 2.00 e. The number of aliphatic hydroxyl groups is 6. The first kappa shape index (κ1) is 41.3. The number of esters is 1. The second-order valence-corrected chi connectivity index (χ2v) is 7.47. The molecule has 14 heteroatoms. The molecule has 0 aliphatic heterocycles. The first-order valence-corrected chi connectivity index (χ1v) is 10.3. The van der Waals surface area contributed by atoms with E-state index in [0.717, 1.165) is 6.08 Å². The van der Waals surface area contributed by atoms with Crippen LogP contribution in [0.3, 0.4) is 0 Å². The van der Waals surface area contributed by atoms with E-state index in [-0.39, 0.29) is 63.8 Å². The molecule has 0 aliphatic carbocycles. The minimum Gasteiger partial charge on any atom is -0.550 e. The fraction of sp³-hybridized carbons (Fsp3) is 0.762. The van der Waals surface area contributed by atoms with Gasteiger partial charge in [-0.05, 0) is 25.7 Å².